The van der Waals surface area contributed by atoms with Crippen LogP contribution in [0.25, 0.3) is 0 Å². The lowest BCUT2D eigenvalue weighted by atomic mass is 9.90. The van der Waals surface area contributed by atoms with Crippen molar-refractivity contribution in [1.29, 1.82) is 0 Å². The van der Waals surface area contributed by atoms with Crippen molar-refractivity contribution in [2.45, 2.75) is 53.6 Å². The Morgan fingerprint density at radius 1 is 1.23 bits per heavy atom. The Bertz CT molecular complexity index is 415. The fourth-order valence-corrected chi connectivity index (χ4v) is 2.29. The third kappa shape index (κ3) is 8.78. The number of hydrogen-bond acceptors (Lipinski definition) is 2. The highest BCUT2D eigenvalue weighted by molar-refractivity contribution is 5.81. The lowest BCUT2D eigenvalue weighted by molar-refractivity contribution is -0.125. The summed E-state index contributed by atoms with van der Waals surface area (Å²) in [5.74, 6) is 0.707. The first-order valence-electron chi connectivity index (χ1n) is 8.19. The summed E-state index contributed by atoms with van der Waals surface area (Å²) < 4.78 is 5.69. The molecule has 0 N–H and O–H groups in total. The van der Waals surface area contributed by atoms with Crippen molar-refractivity contribution in [2.24, 2.45) is 11.8 Å². The minimum atomic E-state index is -0.0775. The van der Waals surface area contributed by atoms with Crippen molar-refractivity contribution < 1.29 is 9.53 Å². The molecule has 2 heteroatoms. The first kappa shape index (κ1) is 20.6. The third-order valence-electron chi connectivity index (χ3n) is 3.79. The Labute approximate surface area is 136 Å². The van der Waals surface area contributed by atoms with E-state index in [2.05, 4.69) is 19.6 Å². The molecule has 0 bridgehead atoms. The molecular weight excluding hydrogens is 272 g/mol. The van der Waals surface area contributed by atoms with Crippen LogP contribution in [0.4, 0.5) is 0 Å². The number of hydrogen-bond donors (Lipinski definition) is 0. The van der Waals surface area contributed by atoms with Crippen LogP contribution in [0.1, 0.15) is 47.5 Å². The van der Waals surface area contributed by atoms with E-state index in [4.69, 9.17) is 4.74 Å². The topological polar surface area (TPSA) is 26.3 Å². The van der Waals surface area contributed by atoms with Crippen LogP contribution in [0.3, 0.4) is 0 Å². The summed E-state index contributed by atoms with van der Waals surface area (Å²) in [4.78, 5) is 12.4. The molecular formula is C20H32O2. The monoisotopic (exact) mass is 304 g/mol. The van der Waals surface area contributed by atoms with Gasteiger partial charge in [-0.1, -0.05) is 56.9 Å². The van der Waals surface area contributed by atoms with Crippen molar-refractivity contribution in [1.82, 2.24) is 0 Å². The van der Waals surface area contributed by atoms with Crippen molar-refractivity contribution in [2.75, 3.05) is 6.61 Å². The van der Waals surface area contributed by atoms with E-state index < -0.39 is 0 Å². The molecule has 22 heavy (non-hydrogen) atoms. The highest BCUT2D eigenvalue weighted by Gasteiger charge is 2.21. The van der Waals surface area contributed by atoms with E-state index in [1.54, 1.807) is 6.08 Å². The van der Waals surface area contributed by atoms with Crippen LogP contribution < -0.4 is 0 Å². The molecule has 0 aromatic rings. The normalized spacial score (nSPS) is 16.9. The van der Waals surface area contributed by atoms with Crippen LogP contribution in [-0.2, 0) is 9.53 Å². The Morgan fingerprint density at radius 3 is 2.45 bits per heavy atom. The predicted molar refractivity (Wildman–Crippen MR) is 95.9 cm³/mol. The molecule has 3 atom stereocenters. The van der Waals surface area contributed by atoms with Gasteiger partial charge in [0.1, 0.15) is 5.78 Å². The third-order valence-corrected chi connectivity index (χ3v) is 3.79. The maximum absolute atomic E-state index is 12.4. The standard InChI is InChI=1S/C20H32O2/c1-7-10-11-12-13-16(4)14-18(6)19(21)15-20(22-9-3)17(5)8-2/h7-8,10-13,16,18,20H,1,9,14-15H2,2-6H3/b11-10+,13-12+,17-8+/t16-,18-,20+/m1/s1. The number of rotatable bonds is 11. The van der Waals surface area contributed by atoms with Crippen LogP contribution in [-0.4, -0.2) is 18.5 Å². The number of carbonyl (C=O) groups is 1. The molecule has 0 spiro atoms. The van der Waals surface area contributed by atoms with Gasteiger partial charge in [0, 0.05) is 18.9 Å². The predicted octanol–water partition coefficient (Wildman–Crippen LogP) is 5.28. The smallest absolute Gasteiger partial charge is 0.138 e. The van der Waals surface area contributed by atoms with E-state index in [0.717, 1.165) is 12.0 Å². The second-order valence-corrected chi connectivity index (χ2v) is 5.77. The van der Waals surface area contributed by atoms with E-state index in [1.807, 2.05) is 52.0 Å². The summed E-state index contributed by atoms with van der Waals surface area (Å²) in [5, 5.41) is 0. The average Bonchev–Trinajstić information content (AvgIpc) is 2.50. The van der Waals surface area contributed by atoms with Gasteiger partial charge in [0.2, 0.25) is 0 Å². The van der Waals surface area contributed by atoms with Crippen LogP contribution in [0.5, 0.6) is 0 Å². The van der Waals surface area contributed by atoms with Gasteiger partial charge in [-0.05, 0) is 38.7 Å². The molecule has 0 aromatic heterocycles. The number of ketones is 1. The van der Waals surface area contributed by atoms with Gasteiger partial charge in [-0.3, -0.25) is 4.79 Å². The molecule has 2 nitrogen and oxygen atoms in total. The van der Waals surface area contributed by atoms with E-state index in [1.165, 1.54) is 0 Å². The lowest BCUT2D eigenvalue weighted by Crippen LogP contribution is -2.23. The zero-order valence-electron chi connectivity index (χ0n) is 14.8. The number of ether oxygens (including phenoxy) is 1. The minimum Gasteiger partial charge on any atom is -0.374 e. The average molecular weight is 304 g/mol. The second-order valence-electron chi connectivity index (χ2n) is 5.77. The molecule has 0 unspecified atom stereocenters. The maximum Gasteiger partial charge on any atom is 0.138 e. The molecule has 0 fully saturated rings. The first-order chi connectivity index (χ1) is 10.5. The van der Waals surface area contributed by atoms with Gasteiger partial charge >= 0.3 is 0 Å². The maximum atomic E-state index is 12.4. The summed E-state index contributed by atoms with van der Waals surface area (Å²) in [6.07, 6.45) is 13.0. The van der Waals surface area contributed by atoms with E-state index >= 15 is 0 Å². The van der Waals surface area contributed by atoms with Crippen molar-refractivity contribution in [3.63, 3.8) is 0 Å². The molecule has 124 valence electrons. The molecule has 0 heterocycles. The molecule has 0 rings (SSSR count). The Morgan fingerprint density at radius 2 is 1.91 bits per heavy atom. The Balaban J connectivity index is 4.48. The van der Waals surface area contributed by atoms with Crippen molar-refractivity contribution >= 4 is 5.78 Å². The van der Waals surface area contributed by atoms with Crippen LogP contribution in [0.2, 0.25) is 0 Å². The SMILES string of the molecule is C=C/C=C/C=C/[C@@H](C)C[C@@H](C)C(=O)C[C@H](OCC)/C(C)=C/C. The molecule has 0 aliphatic rings. The fourth-order valence-electron chi connectivity index (χ4n) is 2.29. The summed E-state index contributed by atoms with van der Waals surface area (Å²) >= 11 is 0. The van der Waals surface area contributed by atoms with Gasteiger partial charge < -0.3 is 4.74 Å². The second kappa shape index (κ2) is 12.2. The Hall–Kier alpha value is -1.41. The summed E-state index contributed by atoms with van der Waals surface area (Å²) in [6.45, 7) is 14.4. The zero-order chi connectivity index (χ0) is 17.0. The molecule has 0 amide bonds. The largest absolute Gasteiger partial charge is 0.374 e. The van der Waals surface area contributed by atoms with Gasteiger partial charge in [0.15, 0.2) is 0 Å². The van der Waals surface area contributed by atoms with Crippen molar-refractivity contribution in [3.8, 4) is 0 Å². The molecule has 0 aliphatic heterocycles. The van der Waals surface area contributed by atoms with E-state index in [9.17, 15) is 4.79 Å². The molecule has 0 saturated carbocycles. The molecule has 0 radical (unpaired) electrons. The van der Waals surface area contributed by atoms with Gasteiger partial charge in [-0.25, -0.2) is 0 Å². The van der Waals surface area contributed by atoms with Gasteiger partial charge in [-0.15, -0.1) is 0 Å². The number of carbonyl (C=O) groups excluding carboxylic acids is 1. The lowest BCUT2D eigenvalue weighted by Gasteiger charge is -2.20. The van der Waals surface area contributed by atoms with Crippen LogP contribution in [0.15, 0.2) is 48.6 Å². The fraction of sp³-hybridized carbons (Fsp3) is 0.550. The van der Waals surface area contributed by atoms with Gasteiger partial charge in [-0.2, -0.15) is 0 Å². The van der Waals surface area contributed by atoms with E-state index in [0.29, 0.717) is 18.9 Å². The molecule has 0 aromatic carbocycles. The number of Topliss-reactive ketones (excluding diaryl/α,β-unsaturated/α-hetero) is 1. The molecule has 0 aliphatic carbocycles. The number of allylic oxidation sites excluding steroid dienone is 6. The quantitative estimate of drug-likeness (QED) is 0.383. The summed E-state index contributed by atoms with van der Waals surface area (Å²) in [6, 6.07) is 0. The van der Waals surface area contributed by atoms with Crippen LogP contribution >= 0.6 is 0 Å². The van der Waals surface area contributed by atoms with Gasteiger partial charge in [0.25, 0.3) is 0 Å². The van der Waals surface area contributed by atoms with Crippen molar-refractivity contribution in [3.05, 3.63) is 48.6 Å². The minimum absolute atomic E-state index is 0.0515. The molecule has 0 saturated heterocycles. The van der Waals surface area contributed by atoms with Crippen LogP contribution in [0, 0.1) is 11.8 Å². The summed E-state index contributed by atoms with van der Waals surface area (Å²) in [7, 11) is 0. The Kier molecular flexibility index (Phi) is 11.4. The highest BCUT2D eigenvalue weighted by Crippen LogP contribution is 2.19. The zero-order valence-corrected chi connectivity index (χ0v) is 14.8. The van der Waals surface area contributed by atoms with Gasteiger partial charge in [0.05, 0.1) is 6.10 Å². The first-order valence-corrected chi connectivity index (χ1v) is 8.19. The van der Waals surface area contributed by atoms with E-state index in [-0.39, 0.29) is 17.8 Å². The summed E-state index contributed by atoms with van der Waals surface area (Å²) in [5.41, 5.74) is 1.13. The highest BCUT2D eigenvalue weighted by atomic mass is 16.5.